The third kappa shape index (κ3) is 4.81. The molecule has 2 aromatic rings. The van der Waals surface area contributed by atoms with Crippen LogP contribution >= 0.6 is 11.6 Å². The van der Waals surface area contributed by atoms with E-state index >= 15 is 0 Å². The topological polar surface area (TPSA) is 160 Å². The maximum Gasteiger partial charge on any atom is 0.264 e. The molecule has 13 heteroatoms. The monoisotopic (exact) mass is 569 g/mol. The van der Waals surface area contributed by atoms with Crippen molar-refractivity contribution in [1.82, 2.24) is 19.5 Å². The minimum Gasteiger partial charge on any atom is -0.388 e. The first kappa shape index (κ1) is 26.6. The van der Waals surface area contributed by atoms with Crippen molar-refractivity contribution in [2.24, 2.45) is 16.7 Å². The Kier molecular flexibility index (Phi) is 6.29. The molecule has 11 nitrogen and oxygen atoms in total. The number of nitrogens with one attached hydrogen (secondary N) is 1. The van der Waals surface area contributed by atoms with E-state index in [9.17, 15) is 18.6 Å². The van der Waals surface area contributed by atoms with Crippen LogP contribution < -0.4 is 5.32 Å². The van der Waals surface area contributed by atoms with E-state index in [1.807, 2.05) is 0 Å². The van der Waals surface area contributed by atoms with Crippen LogP contribution in [0.1, 0.15) is 77.9 Å². The normalized spacial score (nSPS) is 40.3. The molecule has 5 fully saturated rings. The molecule has 4 aliphatic carbocycles. The van der Waals surface area contributed by atoms with Crippen molar-refractivity contribution in [3.8, 4) is 0 Å². The fourth-order valence-corrected chi connectivity index (χ4v) is 9.56. The SMILES string of the molecule is C[C@]12C[C@@H]3C[C@](C)(C1)C[C@@](Nc1nc(Cl)nc4c1ncn4[C@@H]1O[C@H](CCCCS(=O)(=O)O)C(O)[C@@H]1O)(C3)C2. The molecule has 3 heterocycles. The van der Waals surface area contributed by atoms with E-state index in [0.717, 1.165) is 19.3 Å². The van der Waals surface area contributed by atoms with Gasteiger partial charge in [-0.1, -0.05) is 13.8 Å². The van der Waals surface area contributed by atoms with E-state index in [0.29, 0.717) is 46.6 Å². The van der Waals surface area contributed by atoms with Gasteiger partial charge in [0.25, 0.3) is 10.1 Å². The summed E-state index contributed by atoms with van der Waals surface area (Å²) < 4.78 is 38.4. The van der Waals surface area contributed by atoms with Gasteiger partial charge >= 0.3 is 0 Å². The molecule has 2 aromatic heterocycles. The molecule has 1 aliphatic heterocycles. The number of hydrogen-bond donors (Lipinski definition) is 4. The zero-order chi connectivity index (χ0) is 27.1. The summed E-state index contributed by atoms with van der Waals surface area (Å²) in [6.45, 7) is 4.82. The van der Waals surface area contributed by atoms with E-state index in [-0.39, 0.29) is 23.0 Å². The van der Waals surface area contributed by atoms with E-state index in [4.69, 9.17) is 20.9 Å². The summed E-state index contributed by atoms with van der Waals surface area (Å²) in [5, 5.41) is 25.2. The lowest BCUT2D eigenvalue weighted by Crippen LogP contribution is -2.61. The molecule has 8 atom stereocenters. The van der Waals surface area contributed by atoms with Crippen LogP contribution in [0, 0.1) is 16.7 Å². The number of aliphatic hydroxyl groups is 2. The lowest BCUT2D eigenvalue weighted by Gasteiger charge is -2.65. The summed E-state index contributed by atoms with van der Waals surface area (Å²) in [6, 6.07) is 0. The van der Waals surface area contributed by atoms with E-state index in [2.05, 4.69) is 34.1 Å². The minimum absolute atomic E-state index is 0.0544. The summed E-state index contributed by atoms with van der Waals surface area (Å²) in [4.78, 5) is 13.5. The predicted octanol–water partition coefficient (Wildman–Crippen LogP) is 3.32. The fourth-order valence-electron chi connectivity index (χ4n) is 8.83. The number of nitrogens with zero attached hydrogens (tertiary/aromatic N) is 4. The standard InChI is InChI=1S/C25H36ClN5O6S/c1-23-7-14-8-24(2,10-23)12-25(9-14,11-23)30-19-16-20(29-22(26)28-19)31(13-27-16)21-18(33)17(32)15(37-21)5-3-4-6-38(34,35)36/h13-15,17-18,21,32-33H,3-12H2,1-2H3,(H,28,29,30)(H,34,35,36)/t14-,15-,17?,18+,21-,23+,24-,25-/m1/s1. The molecule has 4 bridgehead atoms. The molecule has 0 aromatic carbocycles. The van der Waals surface area contributed by atoms with Crippen LogP contribution in [0.3, 0.4) is 0 Å². The molecule has 4 saturated carbocycles. The number of aromatic nitrogens is 4. The average molecular weight is 570 g/mol. The van der Waals surface area contributed by atoms with Crippen LogP contribution in [0.4, 0.5) is 5.82 Å². The number of anilines is 1. The molecule has 38 heavy (non-hydrogen) atoms. The molecule has 5 aliphatic rings. The van der Waals surface area contributed by atoms with E-state index in [1.54, 1.807) is 4.57 Å². The Morgan fingerprint density at radius 2 is 1.82 bits per heavy atom. The molecule has 0 radical (unpaired) electrons. The first-order valence-electron chi connectivity index (χ1n) is 13.4. The van der Waals surface area contributed by atoms with E-state index < -0.39 is 34.7 Å². The second kappa shape index (κ2) is 8.97. The quantitative estimate of drug-likeness (QED) is 0.211. The lowest BCUT2D eigenvalue weighted by atomic mass is 9.43. The van der Waals surface area contributed by atoms with E-state index in [1.165, 1.54) is 25.6 Å². The van der Waals surface area contributed by atoms with Crippen molar-refractivity contribution in [3.63, 3.8) is 0 Å². The molecule has 4 N–H and O–H groups in total. The summed E-state index contributed by atoms with van der Waals surface area (Å²) >= 11 is 6.39. The van der Waals surface area contributed by atoms with Crippen LogP contribution in [-0.2, 0) is 14.9 Å². The highest BCUT2D eigenvalue weighted by atomic mass is 35.5. The number of aliphatic hydroxyl groups excluding tert-OH is 2. The maximum absolute atomic E-state index is 11.0. The van der Waals surface area contributed by atoms with Crippen LogP contribution in [0.2, 0.25) is 5.28 Å². The van der Waals surface area contributed by atoms with Gasteiger partial charge in [0.2, 0.25) is 5.28 Å². The van der Waals surface area contributed by atoms with Crippen molar-refractivity contribution >= 4 is 38.7 Å². The number of unbranched alkanes of at least 4 members (excludes halogenated alkanes) is 1. The van der Waals surface area contributed by atoms with Gasteiger partial charge < -0.3 is 20.3 Å². The number of hydrogen-bond acceptors (Lipinski definition) is 9. The van der Waals surface area contributed by atoms with Gasteiger partial charge in [0.1, 0.15) is 12.2 Å². The molecule has 1 saturated heterocycles. The lowest BCUT2D eigenvalue weighted by molar-refractivity contribution is -0.0973. The van der Waals surface area contributed by atoms with Crippen molar-refractivity contribution in [2.45, 2.75) is 102 Å². The van der Waals surface area contributed by atoms with Gasteiger partial charge in [-0.3, -0.25) is 9.12 Å². The van der Waals surface area contributed by atoms with Crippen molar-refractivity contribution in [1.29, 1.82) is 0 Å². The Bertz CT molecular complexity index is 1340. The summed E-state index contributed by atoms with van der Waals surface area (Å²) in [5.41, 5.74) is 1.47. The summed E-state index contributed by atoms with van der Waals surface area (Å²) in [7, 11) is -4.04. The number of rotatable bonds is 8. The summed E-state index contributed by atoms with van der Waals surface area (Å²) in [5.74, 6) is 0.902. The summed E-state index contributed by atoms with van der Waals surface area (Å²) in [6.07, 6.45) is 5.43. The predicted molar refractivity (Wildman–Crippen MR) is 140 cm³/mol. The highest BCUT2D eigenvalue weighted by Gasteiger charge is 2.60. The Morgan fingerprint density at radius 1 is 1.11 bits per heavy atom. The van der Waals surface area contributed by atoms with Gasteiger partial charge in [-0.05, 0) is 86.1 Å². The molecule has 210 valence electrons. The van der Waals surface area contributed by atoms with Gasteiger partial charge in [-0.15, -0.1) is 0 Å². The first-order chi connectivity index (χ1) is 17.8. The number of fused-ring (bicyclic) bond motifs is 1. The first-order valence-corrected chi connectivity index (χ1v) is 15.4. The molecule has 0 amide bonds. The molecule has 7 rings (SSSR count). The second-order valence-electron chi connectivity index (χ2n) is 13.0. The number of halogens is 1. The van der Waals surface area contributed by atoms with Crippen molar-refractivity contribution in [2.75, 3.05) is 11.1 Å². The Balaban J connectivity index is 1.24. The number of ether oxygens (including phenoxy) is 1. The third-order valence-electron chi connectivity index (χ3n) is 9.16. The van der Waals surface area contributed by atoms with Crippen LogP contribution in [-0.4, -0.2) is 72.3 Å². The Hall–Kier alpha value is -1.57. The molecular weight excluding hydrogens is 534 g/mol. The zero-order valence-electron chi connectivity index (χ0n) is 21.7. The van der Waals surface area contributed by atoms with Gasteiger partial charge in [-0.2, -0.15) is 18.4 Å². The van der Waals surface area contributed by atoms with Gasteiger partial charge in [0.05, 0.1) is 18.2 Å². The fraction of sp³-hybridized carbons (Fsp3) is 0.800. The van der Waals surface area contributed by atoms with Crippen LogP contribution in [0.25, 0.3) is 11.2 Å². The highest BCUT2D eigenvalue weighted by Crippen LogP contribution is 2.67. The molecular formula is C25H36ClN5O6S. The average Bonchev–Trinajstić information content (AvgIpc) is 3.29. The molecule has 1 unspecified atom stereocenters. The Labute approximate surface area is 227 Å². The zero-order valence-corrected chi connectivity index (χ0v) is 23.2. The minimum atomic E-state index is -4.04. The van der Waals surface area contributed by atoms with Crippen molar-refractivity contribution in [3.05, 3.63) is 11.6 Å². The second-order valence-corrected chi connectivity index (χ2v) is 14.9. The van der Waals surface area contributed by atoms with Gasteiger partial charge in [0, 0.05) is 5.54 Å². The van der Waals surface area contributed by atoms with Gasteiger partial charge in [0.15, 0.2) is 23.2 Å². The van der Waals surface area contributed by atoms with Gasteiger partial charge in [-0.25, -0.2) is 4.98 Å². The highest BCUT2D eigenvalue weighted by molar-refractivity contribution is 7.85. The third-order valence-corrected chi connectivity index (χ3v) is 10.1. The van der Waals surface area contributed by atoms with Crippen LogP contribution in [0.5, 0.6) is 0 Å². The number of imidazole rings is 1. The Morgan fingerprint density at radius 3 is 2.47 bits per heavy atom. The smallest absolute Gasteiger partial charge is 0.264 e. The maximum atomic E-state index is 11.0. The molecule has 0 spiro atoms. The van der Waals surface area contributed by atoms with Crippen LogP contribution in [0.15, 0.2) is 6.33 Å². The largest absolute Gasteiger partial charge is 0.388 e. The van der Waals surface area contributed by atoms with Crippen molar-refractivity contribution < 1.29 is 27.9 Å².